The maximum atomic E-state index is 12.5. The van der Waals surface area contributed by atoms with E-state index in [4.69, 9.17) is 9.47 Å². The molecule has 31 heavy (non-hydrogen) atoms. The van der Waals surface area contributed by atoms with E-state index in [9.17, 15) is 18.0 Å². The minimum Gasteiger partial charge on any atom is -0.482 e. The van der Waals surface area contributed by atoms with E-state index in [0.717, 1.165) is 11.8 Å². The van der Waals surface area contributed by atoms with E-state index in [1.54, 1.807) is 32.2 Å². The molecule has 0 aliphatic heterocycles. The Morgan fingerprint density at radius 2 is 1.94 bits per heavy atom. The predicted octanol–water partition coefficient (Wildman–Crippen LogP) is 4.26. The topological polar surface area (TPSA) is 85.4 Å². The largest absolute Gasteiger partial charge is 0.482 e. The van der Waals surface area contributed by atoms with Crippen LogP contribution in [0.15, 0.2) is 30.6 Å². The van der Waals surface area contributed by atoms with Crippen molar-refractivity contribution in [1.29, 1.82) is 0 Å². The number of rotatable bonds is 10. The first-order chi connectivity index (χ1) is 14.5. The summed E-state index contributed by atoms with van der Waals surface area (Å²) in [7, 11) is 0. The molecule has 0 aliphatic rings. The molecule has 0 aromatic carbocycles. The summed E-state index contributed by atoms with van der Waals surface area (Å²) in [6, 6.07) is 4.61. The summed E-state index contributed by atoms with van der Waals surface area (Å²) in [6.07, 6.45) is -1.71. The van der Waals surface area contributed by atoms with Gasteiger partial charge in [0.05, 0.1) is 18.8 Å². The van der Waals surface area contributed by atoms with Crippen molar-refractivity contribution in [2.24, 2.45) is 5.92 Å². The standard InChI is InChI=1S/C21H27F3N4O3/c1-13(2)10-30-12-27-19-8-16(5-6-25-19)15(4)28-20(29)17-7-14(3)18(9-26-17)31-11-21(22,23)24/h5-9,13,15H,10-12H2,1-4H3,(H,25,27)(H,28,29). The van der Waals surface area contributed by atoms with Crippen molar-refractivity contribution in [3.8, 4) is 5.75 Å². The van der Waals surface area contributed by atoms with Crippen molar-refractivity contribution in [2.75, 3.05) is 25.3 Å². The maximum Gasteiger partial charge on any atom is 0.422 e. The van der Waals surface area contributed by atoms with Gasteiger partial charge in [-0.05, 0) is 49.1 Å². The SMILES string of the molecule is Cc1cc(C(=O)NC(C)c2ccnc(NCOCC(C)C)c2)ncc1OCC(F)(F)F. The number of carbonyl (C=O) groups is 1. The summed E-state index contributed by atoms with van der Waals surface area (Å²) < 4.78 is 47.1. The number of aryl methyl sites for hydroxylation is 1. The Hall–Kier alpha value is -2.88. The molecule has 0 radical (unpaired) electrons. The Bertz CT molecular complexity index is 875. The molecule has 10 heteroatoms. The third kappa shape index (κ3) is 8.41. The van der Waals surface area contributed by atoms with Gasteiger partial charge in [0, 0.05) is 6.20 Å². The van der Waals surface area contributed by atoms with Crippen LogP contribution in [0.2, 0.25) is 0 Å². The molecule has 0 aliphatic carbocycles. The van der Waals surface area contributed by atoms with Gasteiger partial charge in [0.15, 0.2) is 6.61 Å². The van der Waals surface area contributed by atoms with Gasteiger partial charge < -0.3 is 20.1 Å². The fraction of sp³-hybridized carbons (Fsp3) is 0.476. The van der Waals surface area contributed by atoms with Crippen LogP contribution >= 0.6 is 0 Å². The van der Waals surface area contributed by atoms with E-state index in [-0.39, 0.29) is 17.5 Å². The van der Waals surface area contributed by atoms with E-state index in [0.29, 0.717) is 30.6 Å². The summed E-state index contributed by atoms with van der Waals surface area (Å²) in [6.45, 7) is 7.01. The zero-order chi connectivity index (χ0) is 23.0. The lowest BCUT2D eigenvalue weighted by atomic mass is 10.1. The van der Waals surface area contributed by atoms with Crippen LogP contribution in [-0.4, -0.2) is 42.0 Å². The molecule has 1 unspecified atom stereocenters. The lowest BCUT2D eigenvalue weighted by Crippen LogP contribution is -2.27. The number of nitrogens with zero attached hydrogens (tertiary/aromatic N) is 2. The molecule has 2 aromatic rings. The lowest BCUT2D eigenvalue weighted by Gasteiger charge is -2.16. The highest BCUT2D eigenvalue weighted by molar-refractivity contribution is 5.92. The smallest absolute Gasteiger partial charge is 0.422 e. The average molecular weight is 440 g/mol. The highest BCUT2D eigenvalue weighted by atomic mass is 19.4. The molecule has 1 amide bonds. The normalized spacial score (nSPS) is 12.5. The van der Waals surface area contributed by atoms with Gasteiger partial charge in [-0.3, -0.25) is 4.79 Å². The zero-order valence-corrected chi connectivity index (χ0v) is 17.9. The number of amides is 1. The highest BCUT2D eigenvalue weighted by Gasteiger charge is 2.28. The molecule has 1 atom stereocenters. The van der Waals surface area contributed by atoms with Gasteiger partial charge in [-0.1, -0.05) is 13.8 Å². The van der Waals surface area contributed by atoms with Crippen LogP contribution in [0.4, 0.5) is 19.0 Å². The van der Waals surface area contributed by atoms with Crippen molar-refractivity contribution in [3.05, 3.63) is 47.4 Å². The number of pyridine rings is 2. The van der Waals surface area contributed by atoms with Gasteiger partial charge in [0.1, 0.15) is 24.0 Å². The number of carbonyl (C=O) groups excluding carboxylic acids is 1. The van der Waals surface area contributed by atoms with Gasteiger partial charge in [-0.2, -0.15) is 13.2 Å². The zero-order valence-electron chi connectivity index (χ0n) is 17.9. The van der Waals surface area contributed by atoms with Crippen LogP contribution in [-0.2, 0) is 4.74 Å². The second-order valence-electron chi connectivity index (χ2n) is 7.49. The Labute approximate surface area is 179 Å². The predicted molar refractivity (Wildman–Crippen MR) is 110 cm³/mol. The minimum absolute atomic E-state index is 0.0218. The molecule has 2 heterocycles. The molecular formula is C21H27F3N4O3. The molecule has 0 bridgehead atoms. The van der Waals surface area contributed by atoms with Gasteiger partial charge in [-0.25, -0.2) is 9.97 Å². The van der Waals surface area contributed by atoms with Crippen LogP contribution in [0.25, 0.3) is 0 Å². The quantitative estimate of drug-likeness (QED) is 0.424. The summed E-state index contributed by atoms with van der Waals surface area (Å²) in [5.74, 6) is 0.567. The average Bonchev–Trinajstić information content (AvgIpc) is 2.69. The maximum absolute atomic E-state index is 12.5. The van der Waals surface area contributed by atoms with E-state index in [2.05, 4.69) is 34.4 Å². The molecule has 0 fully saturated rings. The Morgan fingerprint density at radius 3 is 2.58 bits per heavy atom. The van der Waals surface area contributed by atoms with Crippen molar-refractivity contribution >= 4 is 11.7 Å². The van der Waals surface area contributed by atoms with Crippen molar-refractivity contribution in [2.45, 2.75) is 39.9 Å². The number of aromatic nitrogens is 2. The van der Waals surface area contributed by atoms with Crippen LogP contribution in [0.3, 0.4) is 0 Å². The molecule has 0 spiro atoms. The van der Waals surface area contributed by atoms with Crippen LogP contribution in [0.1, 0.15) is 48.4 Å². The molecule has 2 rings (SSSR count). The number of alkyl halides is 3. The fourth-order valence-corrected chi connectivity index (χ4v) is 2.56. The first-order valence-corrected chi connectivity index (χ1v) is 9.79. The molecule has 170 valence electrons. The second kappa shape index (κ2) is 10.9. The summed E-state index contributed by atoms with van der Waals surface area (Å²) in [5, 5.41) is 5.88. The number of nitrogens with one attached hydrogen (secondary N) is 2. The highest BCUT2D eigenvalue weighted by Crippen LogP contribution is 2.22. The third-order valence-corrected chi connectivity index (χ3v) is 4.12. The van der Waals surface area contributed by atoms with Gasteiger partial charge in [0.25, 0.3) is 5.91 Å². The number of ether oxygens (including phenoxy) is 2. The van der Waals surface area contributed by atoms with Gasteiger partial charge in [0.2, 0.25) is 0 Å². The van der Waals surface area contributed by atoms with E-state index in [1.807, 2.05) is 0 Å². The third-order valence-electron chi connectivity index (χ3n) is 4.12. The van der Waals surface area contributed by atoms with E-state index >= 15 is 0 Å². The first-order valence-electron chi connectivity index (χ1n) is 9.79. The van der Waals surface area contributed by atoms with Crippen LogP contribution in [0, 0.1) is 12.8 Å². The van der Waals surface area contributed by atoms with Crippen molar-refractivity contribution in [1.82, 2.24) is 15.3 Å². The molecule has 2 N–H and O–H groups in total. The van der Waals surface area contributed by atoms with Crippen molar-refractivity contribution in [3.63, 3.8) is 0 Å². The minimum atomic E-state index is -4.45. The number of halogens is 3. The monoisotopic (exact) mass is 440 g/mol. The van der Waals surface area contributed by atoms with Crippen molar-refractivity contribution < 1.29 is 27.4 Å². The Balaban J connectivity index is 1.96. The Kier molecular flexibility index (Phi) is 8.61. The van der Waals surface area contributed by atoms with E-state index < -0.39 is 18.7 Å². The van der Waals surface area contributed by atoms with Gasteiger partial charge in [-0.15, -0.1) is 0 Å². The second-order valence-corrected chi connectivity index (χ2v) is 7.49. The summed E-state index contributed by atoms with van der Waals surface area (Å²) >= 11 is 0. The molecule has 7 nitrogen and oxygen atoms in total. The fourth-order valence-electron chi connectivity index (χ4n) is 2.56. The number of hydrogen-bond donors (Lipinski definition) is 2. The Morgan fingerprint density at radius 1 is 1.19 bits per heavy atom. The lowest BCUT2D eigenvalue weighted by molar-refractivity contribution is -0.153. The summed E-state index contributed by atoms with van der Waals surface area (Å²) in [5.41, 5.74) is 1.28. The molecule has 0 saturated heterocycles. The van der Waals surface area contributed by atoms with E-state index in [1.165, 1.54) is 6.07 Å². The number of hydrogen-bond acceptors (Lipinski definition) is 6. The summed E-state index contributed by atoms with van der Waals surface area (Å²) in [4.78, 5) is 20.7. The molecular weight excluding hydrogens is 413 g/mol. The van der Waals surface area contributed by atoms with Gasteiger partial charge >= 0.3 is 6.18 Å². The van der Waals surface area contributed by atoms with Crippen LogP contribution < -0.4 is 15.4 Å². The first kappa shape index (κ1) is 24.4. The molecule has 0 saturated carbocycles. The molecule has 2 aromatic heterocycles. The number of anilines is 1. The van der Waals surface area contributed by atoms with Crippen LogP contribution in [0.5, 0.6) is 5.75 Å².